The van der Waals surface area contributed by atoms with Crippen LogP contribution in [0.25, 0.3) is 0 Å². The molecule has 1 aromatic heterocycles. The molecule has 0 radical (unpaired) electrons. The quantitative estimate of drug-likeness (QED) is 0.704. The summed E-state index contributed by atoms with van der Waals surface area (Å²) in [5, 5.41) is 0. The van der Waals surface area contributed by atoms with Gasteiger partial charge in [0, 0.05) is 6.20 Å². The van der Waals surface area contributed by atoms with Crippen molar-refractivity contribution in [3.8, 4) is 0 Å². The third-order valence-electron chi connectivity index (χ3n) is 1.85. The molecular weight excluding hydrogens is 167 g/mol. The van der Waals surface area contributed by atoms with Crippen molar-refractivity contribution in [2.24, 2.45) is 0 Å². The average molecular weight is 182 g/mol. The Morgan fingerprint density at radius 2 is 2.23 bits per heavy atom. The van der Waals surface area contributed by atoms with Gasteiger partial charge in [0.15, 0.2) is 0 Å². The van der Waals surface area contributed by atoms with Gasteiger partial charge in [0.1, 0.15) is 5.82 Å². The predicted molar refractivity (Wildman–Crippen MR) is 51.1 cm³/mol. The highest BCUT2D eigenvalue weighted by molar-refractivity contribution is 5.06. The Morgan fingerprint density at radius 1 is 1.46 bits per heavy atom. The monoisotopic (exact) mass is 182 g/mol. The van der Waals surface area contributed by atoms with Crippen molar-refractivity contribution in [3.63, 3.8) is 0 Å². The topological polar surface area (TPSA) is 16.1 Å². The molecule has 0 aliphatic rings. The van der Waals surface area contributed by atoms with Crippen LogP contribution in [0.15, 0.2) is 18.3 Å². The summed E-state index contributed by atoms with van der Waals surface area (Å²) in [6, 6.07) is 3.07. The van der Waals surface area contributed by atoms with Gasteiger partial charge < -0.3 is 4.90 Å². The van der Waals surface area contributed by atoms with Crippen LogP contribution in [0.4, 0.5) is 4.39 Å². The van der Waals surface area contributed by atoms with E-state index in [1.807, 2.05) is 14.1 Å². The van der Waals surface area contributed by atoms with Crippen molar-refractivity contribution in [1.29, 1.82) is 0 Å². The van der Waals surface area contributed by atoms with E-state index in [1.54, 1.807) is 12.3 Å². The molecule has 0 saturated heterocycles. The molecule has 0 amide bonds. The summed E-state index contributed by atoms with van der Waals surface area (Å²) in [5.74, 6) is -0.193. The molecule has 1 rings (SSSR count). The van der Waals surface area contributed by atoms with E-state index in [4.69, 9.17) is 0 Å². The van der Waals surface area contributed by atoms with E-state index in [-0.39, 0.29) is 5.82 Å². The van der Waals surface area contributed by atoms with E-state index >= 15 is 0 Å². The van der Waals surface area contributed by atoms with Gasteiger partial charge >= 0.3 is 0 Å². The van der Waals surface area contributed by atoms with Gasteiger partial charge in [0.05, 0.1) is 5.69 Å². The largest absolute Gasteiger partial charge is 0.309 e. The maximum absolute atomic E-state index is 13.0. The first kappa shape index (κ1) is 10.1. The predicted octanol–water partition coefficient (Wildman–Crippen LogP) is 1.71. The summed E-state index contributed by atoms with van der Waals surface area (Å²) in [4.78, 5) is 6.07. The molecule has 0 fully saturated rings. The van der Waals surface area contributed by atoms with Crippen molar-refractivity contribution >= 4 is 0 Å². The van der Waals surface area contributed by atoms with E-state index in [0.29, 0.717) is 12.1 Å². The molecule has 0 aliphatic heterocycles. The van der Waals surface area contributed by atoms with Crippen molar-refractivity contribution in [3.05, 3.63) is 29.8 Å². The fourth-order valence-electron chi connectivity index (χ4n) is 1.17. The van der Waals surface area contributed by atoms with Crippen LogP contribution in [0.1, 0.15) is 12.1 Å². The Morgan fingerprint density at radius 3 is 2.85 bits per heavy atom. The minimum atomic E-state index is -0.193. The zero-order valence-electron chi connectivity index (χ0n) is 8.13. The lowest BCUT2D eigenvalue weighted by atomic mass is 10.2. The minimum Gasteiger partial charge on any atom is -0.309 e. The van der Waals surface area contributed by atoms with E-state index < -0.39 is 0 Å². The van der Waals surface area contributed by atoms with Crippen molar-refractivity contribution < 1.29 is 4.39 Å². The Hall–Kier alpha value is -0.960. The molecule has 0 atom stereocenters. The molecule has 0 unspecified atom stereocenters. The summed E-state index contributed by atoms with van der Waals surface area (Å²) in [6.07, 6.45) is 3.29. The molecule has 1 aromatic rings. The highest BCUT2D eigenvalue weighted by Gasteiger charge is 2.01. The standard InChI is InChI=1S/C10H15FN2/c1-13(2)8-4-6-10-9(11)5-3-7-12-10/h3,5,7H,4,6,8H2,1-2H3. The second-order valence-electron chi connectivity index (χ2n) is 3.34. The van der Waals surface area contributed by atoms with Crippen LogP contribution in [-0.4, -0.2) is 30.5 Å². The number of hydrogen-bond donors (Lipinski definition) is 0. The second kappa shape index (κ2) is 4.92. The molecule has 0 N–H and O–H groups in total. The average Bonchev–Trinajstić information content (AvgIpc) is 2.08. The molecule has 13 heavy (non-hydrogen) atoms. The molecule has 0 spiro atoms. The number of rotatable bonds is 4. The lowest BCUT2D eigenvalue weighted by Crippen LogP contribution is -2.14. The fraction of sp³-hybridized carbons (Fsp3) is 0.500. The first-order valence-corrected chi connectivity index (χ1v) is 4.44. The van der Waals surface area contributed by atoms with Crippen molar-refractivity contribution in [1.82, 2.24) is 9.88 Å². The van der Waals surface area contributed by atoms with E-state index in [1.165, 1.54) is 6.07 Å². The van der Waals surface area contributed by atoms with Gasteiger partial charge in [-0.1, -0.05) is 0 Å². The molecule has 2 nitrogen and oxygen atoms in total. The molecule has 0 saturated carbocycles. The summed E-state index contributed by atoms with van der Waals surface area (Å²) in [6.45, 7) is 0.968. The zero-order chi connectivity index (χ0) is 9.68. The maximum atomic E-state index is 13.0. The third kappa shape index (κ3) is 3.51. The molecule has 0 aromatic carbocycles. The molecule has 72 valence electrons. The number of hydrogen-bond acceptors (Lipinski definition) is 2. The van der Waals surface area contributed by atoms with Gasteiger partial charge in [-0.05, 0) is 45.6 Å². The van der Waals surface area contributed by atoms with Crippen LogP contribution in [0.2, 0.25) is 0 Å². The number of halogens is 1. The summed E-state index contributed by atoms with van der Waals surface area (Å²) in [7, 11) is 4.02. The first-order valence-electron chi connectivity index (χ1n) is 4.44. The van der Waals surface area contributed by atoms with E-state index in [9.17, 15) is 4.39 Å². The van der Waals surface area contributed by atoms with Gasteiger partial charge in [0.2, 0.25) is 0 Å². The van der Waals surface area contributed by atoms with Crippen LogP contribution in [0.3, 0.4) is 0 Å². The van der Waals surface area contributed by atoms with E-state index in [2.05, 4.69) is 9.88 Å². The van der Waals surface area contributed by atoms with Crippen LogP contribution in [0, 0.1) is 5.82 Å². The van der Waals surface area contributed by atoms with Gasteiger partial charge in [-0.15, -0.1) is 0 Å². The summed E-state index contributed by atoms with van der Waals surface area (Å²) < 4.78 is 13.0. The lowest BCUT2D eigenvalue weighted by Gasteiger charge is -2.08. The number of pyridine rings is 1. The molecule has 0 aliphatic carbocycles. The summed E-state index contributed by atoms with van der Waals surface area (Å²) >= 11 is 0. The Bertz CT molecular complexity index is 261. The highest BCUT2D eigenvalue weighted by Crippen LogP contribution is 2.05. The highest BCUT2D eigenvalue weighted by atomic mass is 19.1. The number of nitrogens with zero attached hydrogens (tertiary/aromatic N) is 2. The Balaban J connectivity index is 2.41. The van der Waals surface area contributed by atoms with Gasteiger partial charge in [-0.2, -0.15) is 0 Å². The fourth-order valence-corrected chi connectivity index (χ4v) is 1.17. The minimum absolute atomic E-state index is 0.193. The Labute approximate surface area is 78.4 Å². The molecule has 0 bridgehead atoms. The zero-order valence-corrected chi connectivity index (χ0v) is 8.13. The number of aryl methyl sites for hydroxylation is 1. The normalized spacial score (nSPS) is 10.8. The smallest absolute Gasteiger partial charge is 0.144 e. The third-order valence-corrected chi connectivity index (χ3v) is 1.85. The van der Waals surface area contributed by atoms with Gasteiger partial charge in [0.25, 0.3) is 0 Å². The summed E-state index contributed by atoms with van der Waals surface area (Å²) in [5.41, 5.74) is 0.573. The van der Waals surface area contributed by atoms with Crippen molar-refractivity contribution in [2.45, 2.75) is 12.8 Å². The molecular formula is C10H15FN2. The van der Waals surface area contributed by atoms with Gasteiger partial charge in [-0.3, -0.25) is 4.98 Å². The SMILES string of the molecule is CN(C)CCCc1ncccc1F. The van der Waals surface area contributed by atoms with Crippen LogP contribution in [-0.2, 0) is 6.42 Å². The molecule has 3 heteroatoms. The second-order valence-corrected chi connectivity index (χ2v) is 3.34. The molecule has 1 heterocycles. The van der Waals surface area contributed by atoms with Crippen LogP contribution < -0.4 is 0 Å². The Kier molecular flexibility index (Phi) is 3.83. The number of aromatic nitrogens is 1. The lowest BCUT2D eigenvalue weighted by molar-refractivity contribution is 0.398. The van der Waals surface area contributed by atoms with E-state index in [0.717, 1.165) is 13.0 Å². The van der Waals surface area contributed by atoms with Crippen LogP contribution >= 0.6 is 0 Å². The van der Waals surface area contributed by atoms with Crippen molar-refractivity contribution in [2.75, 3.05) is 20.6 Å². The maximum Gasteiger partial charge on any atom is 0.144 e. The van der Waals surface area contributed by atoms with Gasteiger partial charge in [-0.25, -0.2) is 4.39 Å². The first-order chi connectivity index (χ1) is 6.20. The van der Waals surface area contributed by atoms with Crippen LogP contribution in [0.5, 0.6) is 0 Å².